The summed E-state index contributed by atoms with van der Waals surface area (Å²) in [5.74, 6) is 1.44. The molecule has 3 aromatic rings. The highest BCUT2D eigenvalue weighted by atomic mass is 16.5. The smallest absolute Gasteiger partial charge is 0.233 e. The number of benzene rings is 2. The third-order valence-electron chi connectivity index (χ3n) is 3.89. The Balaban J connectivity index is 1.52. The fourth-order valence-corrected chi connectivity index (χ4v) is 2.84. The van der Waals surface area contributed by atoms with Gasteiger partial charge in [-0.1, -0.05) is 6.07 Å². The van der Waals surface area contributed by atoms with Crippen LogP contribution in [0.5, 0.6) is 5.75 Å². The van der Waals surface area contributed by atoms with Gasteiger partial charge in [-0.2, -0.15) is 0 Å². The maximum absolute atomic E-state index is 5.79. The van der Waals surface area contributed by atoms with Crippen LogP contribution in [0.3, 0.4) is 0 Å². The van der Waals surface area contributed by atoms with Crippen molar-refractivity contribution in [1.29, 1.82) is 0 Å². The fourth-order valence-electron chi connectivity index (χ4n) is 2.84. The molecule has 0 amide bonds. The summed E-state index contributed by atoms with van der Waals surface area (Å²) in [4.78, 5) is 4.39. The summed E-state index contributed by atoms with van der Waals surface area (Å²) in [5, 5.41) is 0. The van der Waals surface area contributed by atoms with E-state index in [1.807, 2.05) is 12.1 Å². The zero-order valence-corrected chi connectivity index (χ0v) is 11.6. The van der Waals surface area contributed by atoms with E-state index < -0.39 is 0 Å². The van der Waals surface area contributed by atoms with Crippen molar-refractivity contribution in [3.05, 3.63) is 53.4 Å². The molecule has 0 unspecified atom stereocenters. The van der Waals surface area contributed by atoms with Crippen LogP contribution in [0.2, 0.25) is 0 Å². The number of nitrogen functional groups attached to an aromatic ring is 1. The predicted octanol–water partition coefficient (Wildman–Crippen LogP) is 3.48. The van der Waals surface area contributed by atoms with Gasteiger partial charge >= 0.3 is 0 Å². The molecular weight excluding hydrogens is 264 g/mol. The Bertz CT molecular complexity index is 808. The van der Waals surface area contributed by atoms with Gasteiger partial charge in [0.2, 0.25) is 5.89 Å². The first-order valence-corrected chi connectivity index (χ1v) is 7.17. The minimum Gasteiger partial charge on any atom is -0.484 e. The van der Waals surface area contributed by atoms with Crippen LogP contribution in [-0.2, 0) is 19.4 Å². The lowest BCUT2D eigenvalue weighted by molar-refractivity contribution is 0.267. The van der Waals surface area contributed by atoms with E-state index in [4.69, 9.17) is 14.9 Å². The zero-order chi connectivity index (χ0) is 14.2. The van der Waals surface area contributed by atoms with Gasteiger partial charge in [0.15, 0.2) is 12.2 Å². The van der Waals surface area contributed by atoms with Crippen molar-refractivity contribution in [2.45, 2.75) is 25.9 Å². The molecule has 0 spiro atoms. The zero-order valence-electron chi connectivity index (χ0n) is 11.6. The van der Waals surface area contributed by atoms with E-state index in [9.17, 15) is 0 Å². The Labute approximate surface area is 122 Å². The van der Waals surface area contributed by atoms with Gasteiger partial charge in [0.05, 0.1) is 0 Å². The molecule has 21 heavy (non-hydrogen) atoms. The number of rotatable bonds is 3. The number of fused-ring (bicyclic) bond motifs is 2. The standard InChI is InChI=1S/C17H16N2O2/c18-13-5-7-16-15(9-13)19-17(21-16)10-20-14-6-4-11-2-1-3-12(11)8-14/h4-9H,1-3,10,18H2. The summed E-state index contributed by atoms with van der Waals surface area (Å²) < 4.78 is 11.4. The van der Waals surface area contributed by atoms with Crippen molar-refractivity contribution in [3.63, 3.8) is 0 Å². The molecule has 0 aliphatic heterocycles. The second-order valence-electron chi connectivity index (χ2n) is 5.41. The summed E-state index contributed by atoms with van der Waals surface area (Å²) in [7, 11) is 0. The van der Waals surface area contributed by atoms with Gasteiger partial charge in [-0.3, -0.25) is 0 Å². The number of aryl methyl sites for hydroxylation is 2. The van der Waals surface area contributed by atoms with Gasteiger partial charge in [0.25, 0.3) is 0 Å². The number of hydrogen-bond donors (Lipinski definition) is 1. The van der Waals surface area contributed by atoms with Gasteiger partial charge in [0.1, 0.15) is 11.3 Å². The number of aromatic nitrogens is 1. The van der Waals surface area contributed by atoms with Crippen LogP contribution in [0.1, 0.15) is 23.4 Å². The third-order valence-corrected chi connectivity index (χ3v) is 3.89. The van der Waals surface area contributed by atoms with E-state index in [1.165, 1.54) is 24.0 Å². The van der Waals surface area contributed by atoms with E-state index in [0.29, 0.717) is 18.2 Å². The fraction of sp³-hybridized carbons (Fsp3) is 0.235. The van der Waals surface area contributed by atoms with Crippen molar-refractivity contribution in [1.82, 2.24) is 4.98 Å². The first kappa shape index (κ1) is 12.3. The van der Waals surface area contributed by atoms with Crippen LogP contribution in [0.4, 0.5) is 5.69 Å². The lowest BCUT2D eigenvalue weighted by atomic mass is 10.1. The molecule has 1 aromatic heterocycles. The molecule has 0 atom stereocenters. The van der Waals surface area contributed by atoms with E-state index in [0.717, 1.165) is 23.3 Å². The molecule has 0 saturated carbocycles. The molecule has 4 heteroatoms. The minimum atomic E-state index is 0.327. The molecule has 0 saturated heterocycles. The van der Waals surface area contributed by atoms with Crippen molar-refractivity contribution in [3.8, 4) is 5.75 Å². The van der Waals surface area contributed by atoms with Crippen molar-refractivity contribution >= 4 is 16.8 Å². The lowest BCUT2D eigenvalue weighted by Gasteiger charge is -2.05. The second-order valence-corrected chi connectivity index (χ2v) is 5.41. The summed E-state index contributed by atoms with van der Waals surface area (Å²) in [6, 6.07) is 11.7. The quantitative estimate of drug-likeness (QED) is 0.746. The Morgan fingerprint density at radius 1 is 1.10 bits per heavy atom. The van der Waals surface area contributed by atoms with Crippen LogP contribution in [0.25, 0.3) is 11.1 Å². The van der Waals surface area contributed by atoms with E-state index >= 15 is 0 Å². The maximum Gasteiger partial charge on any atom is 0.233 e. The third kappa shape index (κ3) is 2.33. The molecule has 1 aliphatic carbocycles. The highest BCUT2D eigenvalue weighted by Crippen LogP contribution is 2.26. The SMILES string of the molecule is Nc1ccc2oc(COc3ccc4c(c3)CCC4)nc2c1. The molecule has 4 nitrogen and oxygen atoms in total. The predicted molar refractivity (Wildman–Crippen MR) is 81.2 cm³/mol. The first-order chi connectivity index (χ1) is 10.3. The topological polar surface area (TPSA) is 61.3 Å². The number of ether oxygens (including phenoxy) is 1. The average Bonchev–Trinajstić information content (AvgIpc) is 3.09. The molecular formula is C17H16N2O2. The van der Waals surface area contributed by atoms with Gasteiger partial charge in [-0.05, 0) is 60.7 Å². The largest absolute Gasteiger partial charge is 0.484 e. The van der Waals surface area contributed by atoms with Crippen LogP contribution < -0.4 is 10.5 Å². The van der Waals surface area contributed by atoms with Crippen LogP contribution in [-0.4, -0.2) is 4.98 Å². The molecule has 0 radical (unpaired) electrons. The molecule has 0 bridgehead atoms. The highest BCUT2D eigenvalue weighted by molar-refractivity contribution is 5.76. The first-order valence-electron chi connectivity index (χ1n) is 7.17. The van der Waals surface area contributed by atoms with E-state index in [1.54, 1.807) is 12.1 Å². The van der Waals surface area contributed by atoms with Gasteiger partial charge in [-0.15, -0.1) is 0 Å². The van der Waals surface area contributed by atoms with Crippen LogP contribution >= 0.6 is 0 Å². The summed E-state index contributed by atoms with van der Waals surface area (Å²) in [5.41, 5.74) is 10.8. The van der Waals surface area contributed by atoms with E-state index in [2.05, 4.69) is 17.1 Å². The monoisotopic (exact) mass is 280 g/mol. The molecule has 2 aromatic carbocycles. The van der Waals surface area contributed by atoms with Crippen molar-refractivity contribution < 1.29 is 9.15 Å². The van der Waals surface area contributed by atoms with Crippen LogP contribution in [0, 0.1) is 0 Å². The summed E-state index contributed by atoms with van der Waals surface area (Å²) in [6.45, 7) is 0.327. The number of oxazole rings is 1. The number of hydrogen-bond acceptors (Lipinski definition) is 4. The Kier molecular flexibility index (Phi) is 2.81. The van der Waals surface area contributed by atoms with Crippen LogP contribution in [0.15, 0.2) is 40.8 Å². The molecule has 2 N–H and O–H groups in total. The Morgan fingerprint density at radius 2 is 2.00 bits per heavy atom. The number of nitrogens with two attached hydrogens (primary N) is 1. The van der Waals surface area contributed by atoms with Gasteiger partial charge in [-0.25, -0.2) is 4.98 Å². The highest BCUT2D eigenvalue weighted by Gasteiger charge is 2.12. The van der Waals surface area contributed by atoms with Gasteiger partial charge < -0.3 is 14.9 Å². The summed E-state index contributed by atoms with van der Waals surface area (Å²) >= 11 is 0. The Morgan fingerprint density at radius 3 is 2.95 bits per heavy atom. The molecule has 1 heterocycles. The molecule has 0 fully saturated rings. The van der Waals surface area contributed by atoms with Gasteiger partial charge in [0, 0.05) is 5.69 Å². The number of nitrogens with zero attached hydrogens (tertiary/aromatic N) is 1. The maximum atomic E-state index is 5.79. The van der Waals surface area contributed by atoms with Crippen molar-refractivity contribution in [2.24, 2.45) is 0 Å². The molecule has 106 valence electrons. The summed E-state index contributed by atoms with van der Waals surface area (Å²) in [6.07, 6.45) is 3.57. The van der Waals surface area contributed by atoms with E-state index in [-0.39, 0.29) is 0 Å². The second kappa shape index (κ2) is 4.81. The van der Waals surface area contributed by atoms with Crippen molar-refractivity contribution in [2.75, 3.05) is 5.73 Å². The molecule has 1 aliphatic rings. The Hall–Kier alpha value is -2.49. The average molecular weight is 280 g/mol. The lowest BCUT2D eigenvalue weighted by Crippen LogP contribution is -1.96. The molecule has 4 rings (SSSR count). The normalized spacial score (nSPS) is 13.5. The minimum absolute atomic E-state index is 0.327. The number of anilines is 1.